The summed E-state index contributed by atoms with van der Waals surface area (Å²) in [4.78, 5) is 21.4. The van der Waals surface area contributed by atoms with Crippen LogP contribution in [0.2, 0.25) is 0 Å². The van der Waals surface area contributed by atoms with Gasteiger partial charge >= 0.3 is 0 Å². The maximum absolute atomic E-state index is 11.1. The second kappa shape index (κ2) is 8.59. The van der Waals surface area contributed by atoms with Crippen molar-refractivity contribution >= 4 is 28.2 Å². The maximum atomic E-state index is 11.1. The quantitative estimate of drug-likeness (QED) is 0.317. The summed E-state index contributed by atoms with van der Waals surface area (Å²) in [5, 5.41) is 16.5. The molecule has 7 heteroatoms. The van der Waals surface area contributed by atoms with E-state index in [2.05, 4.69) is 24.5 Å². The zero-order valence-electron chi connectivity index (χ0n) is 12.2. The number of hydrogen-bond donors (Lipinski definition) is 2. The molecule has 0 heterocycles. The predicted octanol–water partition coefficient (Wildman–Crippen LogP) is 3.02. The normalized spacial score (nSPS) is 10.7. The number of nitrogens with one attached hydrogen (secondary N) is 2. The van der Waals surface area contributed by atoms with E-state index in [0.29, 0.717) is 18.2 Å². The fourth-order valence-corrected chi connectivity index (χ4v) is 1.96. The van der Waals surface area contributed by atoms with E-state index in [9.17, 15) is 14.9 Å². The molecule has 2 N–H and O–H groups in total. The zero-order chi connectivity index (χ0) is 15.8. The molecule has 0 saturated heterocycles. The molecule has 0 bridgehead atoms. The molecule has 0 aliphatic heterocycles. The van der Waals surface area contributed by atoms with E-state index in [-0.39, 0.29) is 11.3 Å². The van der Waals surface area contributed by atoms with E-state index in [1.165, 1.54) is 12.1 Å². The summed E-state index contributed by atoms with van der Waals surface area (Å²) >= 11 is 5.32. The first kappa shape index (κ1) is 17.4. The molecule has 0 radical (unpaired) electrons. The molecule has 6 nitrogen and oxygen atoms in total. The second-order valence-corrected chi connectivity index (χ2v) is 5.48. The average molecular weight is 314 g/mol. The number of benzene rings is 1. The summed E-state index contributed by atoms with van der Waals surface area (Å²) in [5.74, 6) is 0.612. The van der Waals surface area contributed by atoms with Gasteiger partial charge in [-0.3, -0.25) is 14.9 Å². The topological polar surface area (TPSA) is 84.3 Å². The number of carbonyl (C=O) groups excluding carboxylic acids is 1. The lowest BCUT2D eigenvalue weighted by atomic mass is 10.1. The van der Waals surface area contributed by atoms with Gasteiger partial charge in [-0.25, -0.2) is 0 Å². The molecule has 0 aromatic heterocycles. The molecule has 0 aliphatic carbocycles. The Bertz CT molecular complexity index is 506. The molecule has 1 aromatic carbocycles. The molecule has 1 rings (SSSR count). The first-order chi connectivity index (χ1) is 9.91. The highest BCUT2D eigenvalue weighted by Gasteiger charge is 2.19. The Hall–Kier alpha value is -1.66. The minimum Gasteiger partial charge on any atom is -0.385 e. The lowest BCUT2D eigenvalue weighted by Gasteiger charge is -2.09. The molecule has 0 amide bonds. The van der Waals surface area contributed by atoms with Crippen molar-refractivity contribution < 1.29 is 9.72 Å². The Kier molecular flexibility index (Phi) is 7.11. The molecule has 0 unspecified atom stereocenters. The van der Waals surface area contributed by atoms with Crippen LogP contribution >= 0.6 is 11.6 Å². The number of anilines is 1. The van der Waals surface area contributed by atoms with Crippen LogP contribution in [0.1, 0.15) is 30.6 Å². The zero-order valence-corrected chi connectivity index (χ0v) is 12.9. The van der Waals surface area contributed by atoms with Crippen LogP contribution in [0.15, 0.2) is 18.2 Å². The van der Waals surface area contributed by atoms with Gasteiger partial charge in [-0.2, -0.15) is 0 Å². The van der Waals surface area contributed by atoms with Gasteiger partial charge in [0.15, 0.2) is 0 Å². The highest BCUT2D eigenvalue weighted by atomic mass is 35.5. The number of halogens is 1. The van der Waals surface area contributed by atoms with Crippen molar-refractivity contribution in [3.05, 3.63) is 33.9 Å². The first-order valence-corrected chi connectivity index (χ1v) is 7.22. The van der Waals surface area contributed by atoms with Crippen molar-refractivity contribution in [3.8, 4) is 0 Å². The van der Waals surface area contributed by atoms with Gasteiger partial charge in [0.05, 0.1) is 4.92 Å². The van der Waals surface area contributed by atoms with Crippen LogP contribution in [0.25, 0.3) is 0 Å². The molecular formula is C14H20ClN3O3. The molecule has 116 valence electrons. The summed E-state index contributed by atoms with van der Waals surface area (Å²) in [6.45, 7) is 6.83. The number of carbonyl (C=O) groups is 1. The minimum atomic E-state index is -0.828. The third-order valence-corrected chi connectivity index (χ3v) is 3.02. The fraction of sp³-hybridized carbons (Fsp3) is 0.500. The summed E-state index contributed by atoms with van der Waals surface area (Å²) in [5.41, 5.74) is 0.232. The lowest BCUT2D eigenvalue weighted by Crippen LogP contribution is -2.22. The lowest BCUT2D eigenvalue weighted by molar-refractivity contribution is -0.385. The van der Waals surface area contributed by atoms with Crippen LogP contribution in [0.4, 0.5) is 11.4 Å². The van der Waals surface area contributed by atoms with Gasteiger partial charge in [0, 0.05) is 18.3 Å². The van der Waals surface area contributed by atoms with Gasteiger partial charge in [-0.1, -0.05) is 13.8 Å². The number of nitro benzene ring substituents is 1. The van der Waals surface area contributed by atoms with Crippen LogP contribution < -0.4 is 10.6 Å². The predicted molar refractivity (Wildman–Crippen MR) is 84.1 cm³/mol. The molecule has 0 fully saturated rings. The Morgan fingerprint density at radius 1 is 1.38 bits per heavy atom. The van der Waals surface area contributed by atoms with Crippen molar-refractivity contribution in [1.29, 1.82) is 0 Å². The minimum absolute atomic E-state index is 0.0918. The molecule has 0 atom stereocenters. The molecular weight excluding hydrogens is 294 g/mol. The van der Waals surface area contributed by atoms with E-state index in [4.69, 9.17) is 11.6 Å². The van der Waals surface area contributed by atoms with Crippen LogP contribution in [0.5, 0.6) is 0 Å². The van der Waals surface area contributed by atoms with Gasteiger partial charge in [0.1, 0.15) is 5.56 Å². The fourth-order valence-electron chi connectivity index (χ4n) is 1.80. The van der Waals surface area contributed by atoms with Crippen LogP contribution in [0.3, 0.4) is 0 Å². The largest absolute Gasteiger partial charge is 0.385 e. The Morgan fingerprint density at radius 2 is 2.10 bits per heavy atom. The maximum Gasteiger partial charge on any atom is 0.283 e. The Morgan fingerprint density at radius 3 is 2.67 bits per heavy atom. The van der Waals surface area contributed by atoms with E-state index in [1.807, 2.05) is 0 Å². The summed E-state index contributed by atoms with van der Waals surface area (Å²) in [6.07, 6.45) is 0.900. The molecule has 0 aliphatic rings. The van der Waals surface area contributed by atoms with Gasteiger partial charge in [0.2, 0.25) is 0 Å². The van der Waals surface area contributed by atoms with Crippen LogP contribution in [-0.4, -0.2) is 29.8 Å². The second-order valence-electron chi connectivity index (χ2n) is 5.14. The third-order valence-electron chi connectivity index (χ3n) is 2.82. The average Bonchev–Trinajstić information content (AvgIpc) is 2.41. The van der Waals surface area contributed by atoms with Crippen LogP contribution in [-0.2, 0) is 0 Å². The van der Waals surface area contributed by atoms with E-state index < -0.39 is 10.2 Å². The van der Waals surface area contributed by atoms with Crippen LogP contribution in [0, 0.1) is 16.0 Å². The Labute approximate surface area is 129 Å². The highest BCUT2D eigenvalue weighted by Crippen LogP contribution is 2.24. The number of nitro groups is 1. The van der Waals surface area contributed by atoms with Crippen molar-refractivity contribution in [2.45, 2.75) is 20.3 Å². The van der Waals surface area contributed by atoms with Gasteiger partial charge in [0.25, 0.3) is 10.9 Å². The number of hydrogen-bond acceptors (Lipinski definition) is 5. The van der Waals surface area contributed by atoms with Crippen molar-refractivity contribution in [2.24, 2.45) is 5.92 Å². The number of nitrogens with zero attached hydrogens (tertiary/aromatic N) is 1. The summed E-state index contributed by atoms with van der Waals surface area (Å²) in [7, 11) is 0. The first-order valence-electron chi connectivity index (χ1n) is 6.84. The summed E-state index contributed by atoms with van der Waals surface area (Å²) < 4.78 is 0. The molecule has 21 heavy (non-hydrogen) atoms. The molecule has 0 saturated carbocycles. The monoisotopic (exact) mass is 313 g/mol. The third kappa shape index (κ3) is 6.10. The molecule has 1 aromatic rings. The van der Waals surface area contributed by atoms with Gasteiger partial charge in [-0.15, -0.1) is 0 Å². The van der Waals surface area contributed by atoms with Gasteiger partial charge in [-0.05, 0) is 49.2 Å². The number of rotatable bonds is 9. The SMILES string of the molecule is CC(C)CNCCCNc1ccc(C(=O)Cl)c([N+](=O)[O-])c1. The van der Waals surface area contributed by atoms with E-state index >= 15 is 0 Å². The summed E-state index contributed by atoms with van der Waals surface area (Å²) in [6, 6.07) is 4.31. The molecule has 0 spiro atoms. The standard InChI is InChI=1S/C14H20ClN3O3/c1-10(2)9-16-6-3-7-17-11-4-5-12(14(15)19)13(8-11)18(20)21/h4-5,8,10,16-17H,3,6-7,9H2,1-2H3. The Balaban J connectivity index is 2.51. The van der Waals surface area contributed by atoms with E-state index in [0.717, 1.165) is 19.5 Å². The van der Waals surface area contributed by atoms with E-state index in [1.54, 1.807) is 6.07 Å². The smallest absolute Gasteiger partial charge is 0.283 e. The van der Waals surface area contributed by atoms with Crippen molar-refractivity contribution in [2.75, 3.05) is 25.0 Å². The highest BCUT2D eigenvalue weighted by molar-refractivity contribution is 6.68. The van der Waals surface area contributed by atoms with Gasteiger partial charge < -0.3 is 10.6 Å². The van der Waals surface area contributed by atoms with Crippen molar-refractivity contribution in [1.82, 2.24) is 5.32 Å². The van der Waals surface area contributed by atoms with Crippen molar-refractivity contribution in [3.63, 3.8) is 0 Å².